The predicted octanol–water partition coefficient (Wildman–Crippen LogP) is 1.90. The summed E-state index contributed by atoms with van der Waals surface area (Å²) in [5.74, 6) is -0.953. The molecule has 0 aliphatic carbocycles. The molecule has 0 aromatic carbocycles. The number of hydrogen-bond acceptors (Lipinski definition) is 4. The van der Waals surface area contributed by atoms with E-state index in [-0.39, 0.29) is 30.9 Å². The van der Waals surface area contributed by atoms with Crippen molar-refractivity contribution in [2.24, 2.45) is 0 Å². The summed E-state index contributed by atoms with van der Waals surface area (Å²) in [5, 5.41) is 13.9. The number of amides is 1. The second kappa shape index (κ2) is 7.61. The minimum atomic E-state index is -0.836. The maximum Gasteiger partial charge on any atom is 0.320 e. The molecule has 0 spiro atoms. The predicted molar refractivity (Wildman–Crippen MR) is 80.4 cm³/mol. The number of carbonyl (C=O) groups is 2. The number of carboxylic acids is 1. The van der Waals surface area contributed by atoms with E-state index in [1.54, 1.807) is 16.2 Å². The molecule has 1 amide bonds. The lowest BCUT2D eigenvalue weighted by Gasteiger charge is -2.21. The number of thiophene rings is 1. The van der Waals surface area contributed by atoms with Crippen LogP contribution in [0.5, 0.6) is 0 Å². The van der Waals surface area contributed by atoms with Crippen molar-refractivity contribution < 1.29 is 14.7 Å². The highest BCUT2D eigenvalue weighted by molar-refractivity contribution is 7.10. The van der Waals surface area contributed by atoms with Crippen molar-refractivity contribution in [3.63, 3.8) is 0 Å². The molecule has 2 N–H and O–H groups in total. The Morgan fingerprint density at radius 3 is 2.95 bits per heavy atom. The highest BCUT2D eigenvalue weighted by Crippen LogP contribution is 2.19. The molecule has 2 unspecified atom stereocenters. The number of nitrogens with zero attached hydrogens (tertiary/aromatic N) is 1. The molecule has 2 atom stereocenters. The van der Waals surface area contributed by atoms with Crippen molar-refractivity contribution >= 4 is 35.6 Å². The maximum atomic E-state index is 11.9. The van der Waals surface area contributed by atoms with E-state index in [2.05, 4.69) is 5.32 Å². The summed E-state index contributed by atoms with van der Waals surface area (Å²) in [6.07, 6.45) is 1.47. The summed E-state index contributed by atoms with van der Waals surface area (Å²) in [7, 11) is 0. The molecular formula is C13H19ClN2O3S. The number of aliphatic carboxylic acids is 1. The lowest BCUT2D eigenvalue weighted by Crippen LogP contribution is -2.43. The van der Waals surface area contributed by atoms with Crippen LogP contribution in [0.2, 0.25) is 0 Å². The zero-order valence-electron chi connectivity index (χ0n) is 11.2. The van der Waals surface area contributed by atoms with Gasteiger partial charge >= 0.3 is 5.97 Å². The molecule has 7 heteroatoms. The van der Waals surface area contributed by atoms with Gasteiger partial charge in [-0.1, -0.05) is 6.07 Å². The summed E-state index contributed by atoms with van der Waals surface area (Å²) in [5.41, 5.74) is 0. The first-order chi connectivity index (χ1) is 9.08. The van der Waals surface area contributed by atoms with Gasteiger partial charge in [0, 0.05) is 4.88 Å². The molecule has 1 aromatic heterocycles. The normalized spacial score (nSPS) is 20.1. The van der Waals surface area contributed by atoms with Crippen LogP contribution in [0.25, 0.3) is 0 Å². The second-order valence-electron chi connectivity index (χ2n) is 4.77. The van der Waals surface area contributed by atoms with Crippen LogP contribution in [0.1, 0.15) is 30.7 Å². The van der Waals surface area contributed by atoms with Gasteiger partial charge in [0.25, 0.3) is 0 Å². The summed E-state index contributed by atoms with van der Waals surface area (Å²) in [6, 6.07) is 3.39. The van der Waals surface area contributed by atoms with Crippen molar-refractivity contribution in [1.82, 2.24) is 10.2 Å². The molecule has 112 valence electrons. The van der Waals surface area contributed by atoms with Gasteiger partial charge in [0.05, 0.1) is 12.6 Å². The average Bonchev–Trinajstić information content (AvgIpc) is 2.98. The number of likely N-dealkylation sites (tertiary alicyclic amines) is 1. The van der Waals surface area contributed by atoms with Crippen molar-refractivity contribution in [3.05, 3.63) is 22.4 Å². The third kappa shape index (κ3) is 4.19. The smallest absolute Gasteiger partial charge is 0.320 e. The van der Waals surface area contributed by atoms with E-state index >= 15 is 0 Å². The van der Waals surface area contributed by atoms with Gasteiger partial charge in [-0.25, -0.2) is 0 Å². The molecule has 1 aliphatic heterocycles. The van der Waals surface area contributed by atoms with Gasteiger partial charge in [0.2, 0.25) is 5.91 Å². The van der Waals surface area contributed by atoms with Gasteiger partial charge in [-0.05, 0) is 37.8 Å². The molecule has 0 saturated carbocycles. The number of carboxylic acid groups (broad SMARTS) is 1. The Hall–Kier alpha value is -1.11. The topological polar surface area (TPSA) is 69.6 Å². The van der Waals surface area contributed by atoms with Crippen molar-refractivity contribution in [1.29, 1.82) is 0 Å². The Morgan fingerprint density at radius 1 is 1.60 bits per heavy atom. The van der Waals surface area contributed by atoms with Crippen molar-refractivity contribution in [2.45, 2.75) is 31.8 Å². The van der Waals surface area contributed by atoms with Crippen LogP contribution in [0.3, 0.4) is 0 Å². The molecule has 2 rings (SSSR count). The van der Waals surface area contributed by atoms with Gasteiger partial charge in [-0.3, -0.25) is 14.5 Å². The van der Waals surface area contributed by atoms with Crippen molar-refractivity contribution in [2.75, 3.05) is 13.1 Å². The Balaban J connectivity index is 0.00000200. The molecule has 20 heavy (non-hydrogen) atoms. The molecule has 5 nitrogen and oxygen atoms in total. The fourth-order valence-electron chi connectivity index (χ4n) is 2.38. The number of halogens is 1. The van der Waals surface area contributed by atoms with E-state index in [4.69, 9.17) is 5.11 Å². The summed E-state index contributed by atoms with van der Waals surface area (Å²) in [6.45, 7) is 2.77. The average molecular weight is 319 g/mol. The summed E-state index contributed by atoms with van der Waals surface area (Å²) in [4.78, 5) is 25.8. The minimum absolute atomic E-state index is 0. The highest BCUT2D eigenvalue weighted by Gasteiger charge is 2.31. The number of hydrogen-bond donors (Lipinski definition) is 2. The number of nitrogens with one attached hydrogen (secondary N) is 1. The van der Waals surface area contributed by atoms with Crippen LogP contribution < -0.4 is 5.32 Å². The van der Waals surface area contributed by atoms with E-state index in [0.29, 0.717) is 13.0 Å². The van der Waals surface area contributed by atoms with E-state index < -0.39 is 12.0 Å². The Kier molecular flexibility index (Phi) is 6.45. The van der Waals surface area contributed by atoms with Gasteiger partial charge in [-0.15, -0.1) is 23.7 Å². The second-order valence-corrected chi connectivity index (χ2v) is 5.75. The SMILES string of the molecule is CC(NC(=O)CN1CCCC1C(=O)O)c1cccs1.Cl. The van der Waals surface area contributed by atoms with Gasteiger partial charge < -0.3 is 10.4 Å². The number of carbonyl (C=O) groups excluding carboxylic acids is 1. The monoisotopic (exact) mass is 318 g/mol. The first-order valence-electron chi connectivity index (χ1n) is 6.37. The molecule has 0 radical (unpaired) electrons. The third-order valence-corrected chi connectivity index (χ3v) is 4.40. The Labute approximate surface area is 128 Å². The molecule has 1 saturated heterocycles. The van der Waals surface area contributed by atoms with Crippen LogP contribution in [0, 0.1) is 0 Å². The van der Waals surface area contributed by atoms with Crippen LogP contribution in [-0.2, 0) is 9.59 Å². The standard InChI is InChI=1S/C13H18N2O3S.ClH/c1-9(11-5-3-7-19-11)14-12(16)8-15-6-2-4-10(15)13(17)18;/h3,5,7,9-10H,2,4,6,8H2,1H3,(H,14,16)(H,17,18);1H. The third-order valence-electron chi connectivity index (χ3n) is 3.34. The molecule has 0 bridgehead atoms. The Morgan fingerprint density at radius 2 is 2.35 bits per heavy atom. The van der Waals surface area contributed by atoms with Crippen LogP contribution >= 0.6 is 23.7 Å². The quantitative estimate of drug-likeness (QED) is 0.870. The van der Waals surface area contributed by atoms with E-state index in [1.165, 1.54) is 0 Å². The molecule has 1 aromatic rings. The molecular weight excluding hydrogens is 300 g/mol. The summed E-state index contributed by atoms with van der Waals surface area (Å²) >= 11 is 1.60. The van der Waals surface area contributed by atoms with E-state index in [9.17, 15) is 9.59 Å². The lowest BCUT2D eigenvalue weighted by molar-refractivity contribution is -0.142. The molecule has 1 aliphatic rings. The van der Waals surface area contributed by atoms with E-state index in [0.717, 1.165) is 11.3 Å². The Bertz CT molecular complexity index is 452. The largest absolute Gasteiger partial charge is 0.480 e. The minimum Gasteiger partial charge on any atom is -0.480 e. The molecule has 2 heterocycles. The van der Waals surface area contributed by atoms with Gasteiger partial charge in [-0.2, -0.15) is 0 Å². The first-order valence-corrected chi connectivity index (χ1v) is 7.25. The van der Waals surface area contributed by atoms with Gasteiger partial charge in [0.15, 0.2) is 0 Å². The highest BCUT2D eigenvalue weighted by atomic mass is 35.5. The lowest BCUT2D eigenvalue weighted by atomic mass is 10.2. The van der Waals surface area contributed by atoms with E-state index in [1.807, 2.05) is 24.4 Å². The van der Waals surface area contributed by atoms with Crippen LogP contribution in [-0.4, -0.2) is 41.0 Å². The molecule has 1 fully saturated rings. The van der Waals surface area contributed by atoms with Crippen molar-refractivity contribution in [3.8, 4) is 0 Å². The first kappa shape index (κ1) is 16.9. The zero-order chi connectivity index (χ0) is 13.8. The summed E-state index contributed by atoms with van der Waals surface area (Å²) < 4.78 is 0. The number of rotatable bonds is 5. The zero-order valence-corrected chi connectivity index (χ0v) is 12.9. The fourth-order valence-corrected chi connectivity index (χ4v) is 3.11. The fraction of sp³-hybridized carbons (Fsp3) is 0.538. The maximum absolute atomic E-state index is 11.9. The van der Waals surface area contributed by atoms with Crippen LogP contribution in [0.15, 0.2) is 17.5 Å². The van der Waals surface area contributed by atoms with Crippen LogP contribution in [0.4, 0.5) is 0 Å². The van der Waals surface area contributed by atoms with Gasteiger partial charge in [0.1, 0.15) is 6.04 Å².